The highest BCUT2D eigenvalue weighted by atomic mass is 15.2. The van der Waals surface area contributed by atoms with E-state index in [2.05, 4.69) is 20.2 Å². The summed E-state index contributed by atoms with van der Waals surface area (Å²) < 4.78 is 0. The summed E-state index contributed by atoms with van der Waals surface area (Å²) in [7, 11) is 0. The number of aromatic nitrogens is 4. The molecule has 2 heterocycles. The van der Waals surface area contributed by atoms with Gasteiger partial charge in [-0.3, -0.25) is 4.98 Å². The lowest BCUT2D eigenvalue weighted by Gasteiger charge is -1.91. The molecule has 0 aliphatic carbocycles. The lowest BCUT2D eigenvalue weighted by Crippen LogP contribution is -1.82. The quantitative estimate of drug-likeness (QED) is 0.749. The van der Waals surface area contributed by atoms with Gasteiger partial charge in [-0.2, -0.15) is 0 Å². The van der Waals surface area contributed by atoms with Gasteiger partial charge in [0, 0.05) is 24.4 Å². The number of H-pyrrole nitrogens is 1. The Morgan fingerprint density at radius 2 is 2.31 bits per heavy atom. The average molecular weight is 174 g/mol. The Morgan fingerprint density at radius 1 is 1.38 bits per heavy atom. The molecule has 0 saturated carbocycles. The van der Waals surface area contributed by atoms with Gasteiger partial charge >= 0.3 is 0 Å². The van der Waals surface area contributed by atoms with E-state index in [0.717, 1.165) is 23.6 Å². The Kier molecular flexibility index (Phi) is 2.04. The highest BCUT2D eigenvalue weighted by Crippen LogP contribution is 2.11. The minimum atomic E-state index is 0.782. The molecule has 0 bridgehead atoms. The zero-order valence-corrected chi connectivity index (χ0v) is 7.36. The van der Waals surface area contributed by atoms with Crippen LogP contribution in [0.1, 0.15) is 12.7 Å². The third-order valence-electron chi connectivity index (χ3n) is 1.80. The molecule has 2 rings (SSSR count). The van der Waals surface area contributed by atoms with Crippen LogP contribution in [0.3, 0.4) is 0 Å². The van der Waals surface area contributed by atoms with Gasteiger partial charge in [0.15, 0.2) is 5.82 Å². The van der Waals surface area contributed by atoms with Gasteiger partial charge in [-0.05, 0) is 12.1 Å². The molecule has 0 fully saturated rings. The van der Waals surface area contributed by atoms with E-state index in [0.29, 0.717) is 0 Å². The minimum absolute atomic E-state index is 0.782. The second kappa shape index (κ2) is 3.35. The van der Waals surface area contributed by atoms with Crippen LogP contribution >= 0.6 is 0 Å². The van der Waals surface area contributed by atoms with E-state index < -0.39 is 0 Å². The number of pyridine rings is 1. The van der Waals surface area contributed by atoms with Crippen LogP contribution < -0.4 is 0 Å². The Bertz CT molecular complexity index is 380. The maximum atomic E-state index is 4.01. The van der Waals surface area contributed by atoms with Crippen LogP contribution in [0, 0.1) is 0 Å². The Balaban J connectivity index is 2.36. The third-order valence-corrected chi connectivity index (χ3v) is 1.80. The number of nitrogens with one attached hydrogen (secondary N) is 1. The average Bonchev–Trinajstić information content (AvgIpc) is 2.67. The monoisotopic (exact) mass is 174 g/mol. The molecule has 0 aliphatic rings. The molecule has 0 unspecified atom stereocenters. The first-order chi connectivity index (χ1) is 6.40. The molecule has 0 spiro atoms. The standard InChI is InChI=1S/C9H10N4/c1-2-8-11-9(13-12-8)7-4-3-5-10-6-7/h3-6H,2H2,1H3,(H,11,12,13). The molecular formula is C9H10N4. The van der Waals surface area contributed by atoms with Crippen LogP contribution in [-0.2, 0) is 6.42 Å². The SMILES string of the molecule is CCc1nnc(-c2cccnc2)[nH]1. The highest BCUT2D eigenvalue weighted by Gasteiger charge is 2.02. The van der Waals surface area contributed by atoms with Gasteiger partial charge in [0.05, 0.1) is 0 Å². The van der Waals surface area contributed by atoms with E-state index in [4.69, 9.17) is 0 Å². The summed E-state index contributed by atoms with van der Waals surface area (Å²) in [6, 6.07) is 3.83. The molecular weight excluding hydrogens is 164 g/mol. The smallest absolute Gasteiger partial charge is 0.162 e. The van der Waals surface area contributed by atoms with E-state index in [1.807, 2.05) is 19.1 Å². The Morgan fingerprint density at radius 3 is 2.92 bits per heavy atom. The summed E-state index contributed by atoms with van der Waals surface area (Å²) in [5.74, 6) is 1.68. The number of hydrogen-bond acceptors (Lipinski definition) is 3. The zero-order chi connectivity index (χ0) is 9.10. The molecule has 4 heteroatoms. The zero-order valence-electron chi connectivity index (χ0n) is 7.36. The first-order valence-corrected chi connectivity index (χ1v) is 4.22. The molecule has 0 aliphatic heterocycles. The van der Waals surface area contributed by atoms with Gasteiger partial charge in [-0.15, -0.1) is 10.2 Å². The van der Waals surface area contributed by atoms with Gasteiger partial charge in [0.1, 0.15) is 5.82 Å². The van der Waals surface area contributed by atoms with Crippen molar-refractivity contribution in [1.82, 2.24) is 20.2 Å². The van der Waals surface area contributed by atoms with E-state index in [-0.39, 0.29) is 0 Å². The van der Waals surface area contributed by atoms with Gasteiger partial charge in [-0.25, -0.2) is 0 Å². The lowest BCUT2D eigenvalue weighted by atomic mass is 10.3. The van der Waals surface area contributed by atoms with Crippen LogP contribution in [0.25, 0.3) is 11.4 Å². The van der Waals surface area contributed by atoms with Gasteiger partial charge in [0.2, 0.25) is 0 Å². The van der Waals surface area contributed by atoms with E-state index >= 15 is 0 Å². The topological polar surface area (TPSA) is 54.5 Å². The highest BCUT2D eigenvalue weighted by molar-refractivity contribution is 5.52. The second-order valence-electron chi connectivity index (χ2n) is 2.72. The van der Waals surface area contributed by atoms with Crippen LogP contribution in [0.5, 0.6) is 0 Å². The van der Waals surface area contributed by atoms with Gasteiger partial charge in [0.25, 0.3) is 0 Å². The summed E-state index contributed by atoms with van der Waals surface area (Å²) in [5, 5.41) is 7.99. The van der Waals surface area contributed by atoms with E-state index in [1.165, 1.54) is 0 Å². The second-order valence-corrected chi connectivity index (χ2v) is 2.72. The summed E-state index contributed by atoms with van der Waals surface area (Å²) in [4.78, 5) is 7.13. The lowest BCUT2D eigenvalue weighted by molar-refractivity contribution is 0.946. The van der Waals surface area contributed by atoms with Crippen LogP contribution in [0.2, 0.25) is 0 Å². The van der Waals surface area contributed by atoms with E-state index in [1.54, 1.807) is 12.4 Å². The van der Waals surface area contributed by atoms with Crippen LogP contribution in [0.4, 0.5) is 0 Å². The molecule has 0 atom stereocenters. The molecule has 0 amide bonds. The van der Waals surface area contributed by atoms with Crippen molar-refractivity contribution >= 4 is 0 Å². The molecule has 2 aromatic rings. The summed E-state index contributed by atoms with van der Waals surface area (Å²) in [6.07, 6.45) is 4.37. The Hall–Kier alpha value is -1.71. The largest absolute Gasteiger partial charge is 0.325 e. The van der Waals surface area contributed by atoms with Crippen molar-refractivity contribution in [3.63, 3.8) is 0 Å². The van der Waals surface area contributed by atoms with Crippen molar-refractivity contribution < 1.29 is 0 Å². The van der Waals surface area contributed by atoms with Gasteiger partial charge < -0.3 is 4.98 Å². The molecule has 13 heavy (non-hydrogen) atoms. The van der Waals surface area contributed by atoms with Crippen molar-refractivity contribution in [1.29, 1.82) is 0 Å². The molecule has 0 radical (unpaired) electrons. The normalized spacial score (nSPS) is 10.2. The summed E-state index contributed by atoms with van der Waals surface area (Å²) in [6.45, 7) is 2.04. The third kappa shape index (κ3) is 1.56. The first-order valence-electron chi connectivity index (χ1n) is 4.22. The van der Waals surface area contributed by atoms with Crippen LogP contribution in [-0.4, -0.2) is 20.2 Å². The van der Waals surface area contributed by atoms with Crippen molar-refractivity contribution in [3.8, 4) is 11.4 Å². The number of aromatic amines is 1. The molecule has 2 aromatic heterocycles. The molecule has 0 aromatic carbocycles. The molecule has 66 valence electrons. The predicted octanol–water partition coefficient (Wildman–Crippen LogP) is 1.43. The van der Waals surface area contributed by atoms with Crippen molar-refractivity contribution in [3.05, 3.63) is 30.4 Å². The number of hydrogen-bond donors (Lipinski definition) is 1. The molecule has 1 N–H and O–H groups in total. The number of aryl methyl sites for hydroxylation is 1. The molecule has 0 saturated heterocycles. The van der Waals surface area contributed by atoms with Crippen LogP contribution in [0.15, 0.2) is 24.5 Å². The number of rotatable bonds is 2. The number of nitrogens with zero attached hydrogens (tertiary/aromatic N) is 3. The van der Waals surface area contributed by atoms with E-state index in [9.17, 15) is 0 Å². The van der Waals surface area contributed by atoms with Gasteiger partial charge in [-0.1, -0.05) is 6.92 Å². The fourth-order valence-electron chi connectivity index (χ4n) is 1.09. The maximum absolute atomic E-state index is 4.01. The van der Waals surface area contributed by atoms with Crippen molar-refractivity contribution in [2.75, 3.05) is 0 Å². The summed E-state index contributed by atoms with van der Waals surface area (Å²) in [5.41, 5.74) is 0.967. The predicted molar refractivity (Wildman–Crippen MR) is 49.0 cm³/mol. The van der Waals surface area contributed by atoms with Crippen molar-refractivity contribution in [2.45, 2.75) is 13.3 Å². The first kappa shape index (κ1) is 7.91. The Labute approximate surface area is 76.1 Å². The fraction of sp³-hybridized carbons (Fsp3) is 0.222. The summed E-state index contributed by atoms with van der Waals surface area (Å²) >= 11 is 0. The molecule has 4 nitrogen and oxygen atoms in total. The fourth-order valence-corrected chi connectivity index (χ4v) is 1.09. The van der Waals surface area contributed by atoms with Crippen molar-refractivity contribution in [2.24, 2.45) is 0 Å². The minimum Gasteiger partial charge on any atom is -0.325 e. The maximum Gasteiger partial charge on any atom is 0.162 e.